The van der Waals surface area contributed by atoms with Gasteiger partial charge in [-0.3, -0.25) is 4.79 Å². The number of aromatic nitrogens is 1. The van der Waals surface area contributed by atoms with Crippen LogP contribution < -0.4 is 0 Å². The lowest BCUT2D eigenvalue weighted by Crippen LogP contribution is -2.01. The molecule has 0 aliphatic carbocycles. The molecule has 1 heterocycles. The van der Waals surface area contributed by atoms with Crippen LogP contribution in [0.1, 0.15) is 28.4 Å². The van der Waals surface area contributed by atoms with Crippen LogP contribution in [0.15, 0.2) is 51.5 Å². The summed E-state index contributed by atoms with van der Waals surface area (Å²) in [6.45, 7) is 2.11. The molecule has 0 saturated carbocycles. The number of carbonyl (C=O) groups is 1. The van der Waals surface area contributed by atoms with Gasteiger partial charge < -0.3 is 4.98 Å². The van der Waals surface area contributed by atoms with Crippen molar-refractivity contribution >= 4 is 48.5 Å². The zero-order valence-electron chi connectivity index (χ0n) is 11.4. The van der Waals surface area contributed by atoms with Crippen molar-refractivity contribution < 1.29 is 4.79 Å². The topological polar surface area (TPSA) is 32.9 Å². The van der Waals surface area contributed by atoms with Crippen LogP contribution in [0.25, 0.3) is 10.9 Å². The van der Waals surface area contributed by atoms with E-state index in [4.69, 9.17) is 0 Å². The third kappa shape index (κ3) is 2.58. The molecule has 0 aliphatic rings. The average Bonchev–Trinajstić information content (AvgIpc) is 2.90. The lowest BCUT2D eigenvalue weighted by atomic mass is 10.0. The largest absolute Gasteiger partial charge is 0.360 e. The van der Waals surface area contributed by atoms with E-state index in [0.717, 1.165) is 26.3 Å². The average molecular weight is 407 g/mol. The van der Waals surface area contributed by atoms with Gasteiger partial charge >= 0.3 is 0 Å². The molecule has 1 aromatic heterocycles. The van der Waals surface area contributed by atoms with E-state index in [1.54, 1.807) is 6.20 Å². The van der Waals surface area contributed by atoms with E-state index in [2.05, 4.69) is 49.8 Å². The van der Waals surface area contributed by atoms with Gasteiger partial charge in [-0.15, -0.1) is 0 Å². The predicted octanol–water partition coefficient (Wildman–Crippen LogP) is 5.49. The van der Waals surface area contributed by atoms with E-state index >= 15 is 0 Å². The van der Waals surface area contributed by atoms with Gasteiger partial charge in [-0.1, -0.05) is 41.1 Å². The predicted molar refractivity (Wildman–Crippen MR) is 93.0 cm³/mol. The molecular formula is C17H13Br2NO. The smallest absolute Gasteiger partial charge is 0.196 e. The summed E-state index contributed by atoms with van der Waals surface area (Å²) in [7, 11) is 0. The molecule has 4 heteroatoms. The van der Waals surface area contributed by atoms with Crippen LogP contribution in [0.4, 0.5) is 0 Å². The van der Waals surface area contributed by atoms with Crippen molar-refractivity contribution in [2.75, 3.05) is 0 Å². The second kappa shape index (κ2) is 5.78. The summed E-state index contributed by atoms with van der Waals surface area (Å²) in [6, 6.07) is 11.7. The molecule has 3 rings (SSSR count). The van der Waals surface area contributed by atoms with Crippen LogP contribution >= 0.6 is 31.9 Å². The van der Waals surface area contributed by atoms with E-state index in [1.807, 2.05) is 30.3 Å². The molecule has 21 heavy (non-hydrogen) atoms. The van der Waals surface area contributed by atoms with Gasteiger partial charge in [-0.05, 0) is 46.1 Å². The molecule has 0 spiro atoms. The van der Waals surface area contributed by atoms with Gasteiger partial charge in [-0.25, -0.2) is 0 Å². The molecule has 0 bridgehead atoms. The fourth-order valence-electron chi connectivity index (χ4n) is 2.52. The maximum Gasteiger partial charge on any atom is 0.196 e. The first kappa shape index (κ1) is 14.5. The first-order valence-electron chi connectivity index (χ1n) is 6.70. The van der Waals surface area contributed by atoms with Gasteiger partial charge in [0, 0.05) is 37.2 Å². The van der Waals surface area contributed by atoms with Gasteiger partial charge in [0.2, 0.25) is 0 Å². The summed E-state index contributed by atoms with van der Waals surface area (Å²) in [5.41, 5.74) is 3.65. The van der Waals surface area contributed by atoms with Crippen LogP contribution in [0, 0.1) is 0 Å². The highest BCUT2D eigenvalue weighted by atomic mass is 79.9. The highest BCUT2D eigenvalue weighted by molar-refractivity contribution is 9.11. The summed E-state index contributed by atoms with van der Waals surface area (Å²) in [5.74, 6) is 0.0221. The molecule has 2 aromatic carbocycles. The minimum Gasteiger partial charge on any atom is -0.360 e. The van der Waals surface area contributed by atoms with E-state index < -0.39 is 0 Å². The number of benzene rings is 2. The second-order valence-corrected chi connectivity index (χ2v) is 6.62. The van der Waals surface area contributed by atoms with Crippen molar-refractivity contribution in [1.29, 1.82) is 0 Å². The molecule has 0 radical (unpaired) electrons. The van der Waals surface area contributed by atoms with Gasteiger partial charge in [0.15, 0.2) is 5.78 Å². The Balaban J connectivity index is 2.14. The molecule has 0 fully saturated rings. The Bertz CT molecular complexity index is 836. The zero-order valence-corrected chi connectivity index (χ0v) is 14.6. The standard InChI is InChI=1S/C17H13Br2NO/c1-2-10-4-3-5-12-14(9-20-16(10)12)17(21)13-7-6-11(18)8-15(13)19/h3-9,20H,2H2,1H3. The number of para-hydroxylation sites is 1. The number of hydrogen-bond donors (Lipinski definition) is 1. The maximum atomic E-state index is 12.8. The molecule has 106 valence electrons. The van der Waals surface area contributed by atoms with Gasteiger partial charge in [0.05, 0.1) is 0 Å². The Kier molecular flexibility index (Phi) is 4.00. The summed E-state index contributed by atoms with van der Waals surface area (Å²) >= 11 is 6.87. The van der Waals surface area contributed by atoms with Crippen LogP contribution in [-0.4, -0.2) is 10.8 Å². The molecule has 0 saturated heterocycles. The van der Waals surface area contributed by atoms with Gasteiger partial charge in [0.1, 0.15) is 0 Å². The Labute approximate surface area is 139 Å². The number of fused-ring (bicyclic) bond motifs is 1. The van der Waals surface area contributed by atoms with E-state index in [9.17, 15) is 4.79 Å². The Morgan fingerprint density at radius 3 is 2.67 bits per heavy atom. The van der Waals surface area contributed by atoms with Crippen molar-refractivity contribution in [1.82, 2.24) is 4.98 Å². The zero-order chi connectivity index (χ0) is 15.0. The van der Waals surface area contributed by atoms with E-state index in [-0.39, 0.29) is 5.78 Å². The number of carbonyl (C=O) groups excluding carboxylic acids is 1. The monoisotopic (exact) mass is 405 g/mol. The Hall–Kier alpha value is -1.39. The lowest BCUT2D eigenvalue weighted by molar-refractivity contribution is 0.103. The molecule has 2 nitrogen and oxygen atoms in total. The highest BCUT2D eigenvalue weighted by Gasteiger charge is 2.17. The molecule has 1 N–H and O–H groups in total. The molecular weight excluding hydrogens is 394 g/mol. The normalized spacial score (nSPS) is 11.0. The Morgan fingerprint density at radius 1 is 1.14 bits per heavy atom. The van der Waals surface area contributed by atoms with Crippen molar-refractivity contribution in [3.05, 3.63) is 68.2 Å². The summed E-state index contributed by atoms with van der Waals surface area (Å²) in [4.78, 5) is 16.0. The summed E-state index contributed by atoms with van der Waals surface area (Å²) in [6.07, 6.45) is 2.74. The summed E-state index contributed by atoms with van der Waals surface area (Å²) < 4.78 is 1.74. The molecule has 0 aliphatic heterocycles. The third-order valence-electron chi connectivity index (χ3n) is 3.60. The van der Waals surface area contributed by atoms with Crippen molar-refractivity contribution in [2.24, 2.45) is 0 Å². The van der Waals surface area contributed by atoms with Gasteiger partial charge in [-0.2, -0.15) is 0 Å². The maximum absolute atomic E-state index is 12.8. The third-order valence-corrected chi connectivity index (χ3v) is 4.75. The second-order valence-electron chi connectivity index (χ2n) is 4.85. The molecule has 0 amide bonds. The lowest BCUT2D eigenvalue weighted by Gasteiger charge is -2.04. The van der Waals surface area contributed by atoms with Gasteiger partial charge in [0.25, 0.3) is 0 Å². The fourth-order valence-corrected chi connectivity index (χ4v) is 3.75. The van der Waals surface area contributed by atoms with Crippen LogP contribution in [0.3, 0.4) is 0 Å². The number of nitrogens with one attached hydrogen (secondary N) is 1. The first-order valence-corrected chi connectivity index (χ1v) is 8.29. The number of H-pyrrole nitrogens is 1. The van der Waals surface area contributed by atoms with Crippen molar-refractivity contribution in [3.8, 4) is 0 Å². The molecule has 0 unspecified atom stereocenters. The Morgan fingerprint density at radius 2 is 1.95 bits per heavy atom. The van der Waals surface area contributed by atoms with Crippen molar-refractivity contribution in [2.45, 2.75) is 13.3 Å². The number of hydrogen-bond acceptors (Lipinski definition) is 1. The van der Waals surface area contributed by atoms with Crippen molar-refractivity contribution in [3.63, 3.8) is 0 Å². The number of halogens is 2. The van der Waals surface area contributed by atoms with Crippen LogP contribution in [0.2, 0.25) is 0 Å². The highest BCUT2D eigenvalue weighted by Crippen LogP contribution is 2.28. The number of aromatic amines is 1. The van der Waals surface area contributed by atoms with Crippen LogP contribution in [-0.2, 0) is 6.42 Å². The minimum atomic E-state index is 0.0221. The van der Waals surface area contributed by atoms with Crippen LogP contribution in [0.5, 0.6) is 0 Å². The fraction of sp³-hybridized carbons (Fsp3) is 0.118. The number of rotatable bonds is 3. The van der Waals surface area contributed by atoms with E-state index in [0.29, 0.717) is 11.1 Å². The molecule has 0 atom stereocenters. The van der Waals surface area contributed by atoms with E-state index in [1.165, 1.54) is 5.56 Å². The number of ketones is 1. The first-order chi connectivity index (χ1) is 10.1. The summed E-state index contributed by atoms with van der Waals surface area (Å²) in [5, 5.41) is 0.981. The SMILES string of the molecule is CCc1cccc2c(C(=O)c3ccc(Br)cc3Br)c[nH]c12. The minimum absolute atomic E-state index is 0.0221. The molecule has 3 aromatic rings. The number of aryl methyl sites for hydroxylation is 1. The quantitative estimate of drug-likeness (QED) is 0.573.